The Balaban J connectivity index is 1.78. The molecule has 3 heteroatoms. The summed E-state index contributed by atoms with van der Waals surface area (Å²) < 4.78 is 2.37. The highest BCUT2D eigenvalue weighted by molar-refractivity contribution is 5.29. The highest BCUT2D eigenvalue weighted by Crippen LogP contribution is 2.50. The Morgan fingerprint density at radius 2 is 2.25 bits per heavy atom. The molecule has 1 N–H and O–H groups in total. The topological polar surface area (TPSA) is 40.8 Å². The Hall–Kier alpha value is -1.27. The number of nitriles is 1. The summed E-state index contributed by atoms with van der Waals surface area (Å²) in [4.78, 5) is 0. The van der Waals surface area contributed by atoms with Gasteiger partial charge in [0.2, 0.25) is 0 Å². The quantitative estimate of drug-likeness (QED) is 0.832. The third kappa shape index (κ3) is 2.76. The second kappa shape index (κ2) is 5.61. The van der Waals surface area contributed by atoms with Gasteiger partial charge in [0.1, 0.15) is 0 Å². The molecule has 1 heterocycles. The van der Waals surface area contributed by atoms with E-state index in [0.717, 1.165) is 13.1 Å². The van der Waals surface area contributed by atoms with Crippen molar-refractivity contribution >= 4 is 0 Å². The van der Waals surface area contributed by atoms with Gasteiger partial charge in [0, 0.05) is 36.8 Å². The van der Waals surface area contributed by atoms with E-state index in [1.807, 2.05) is 0 Å². The third-order valence-corrected chi connectivity index (χ3v) is 4.94. The standard InChI is InChI=1S/C17H25N3/c1-2-19-16-6-4-3-5-14-11-20(12-15(14)16)13-17(7-8-17)9-10-18/h11-12,16,19H,2-9,13H2,1H3. The molecule has 1 aromatic heterocycles. The number of nitrogens with one attached hydrogen (secondary N) is 1. The minimum atomic E-state index is 0.292. The lowest BCUT2D eigenvalue weighted by atomic mass is 10.0. The van der Waals surface area contributed by atoms with Crippen LogP contribution in [0.2, 0.25) is 0 Å². The molecule has 2 aliphatic carbocycles. The summed E-state index contributed by atoms with van der Waals surface area (Å²) in [5.74, 6) is 0. The average molecular weight is 271 g/mol. The first-order chi connectivity index (χ1) is 9.76. The van der Waals surface area contributed by atoms with Gasteiger partial charge in [0.15, 0.2) is 0 Å². The third-order valence-electron chi connectivity index (χ3n) is 4.94. The zero-order valence-electron chi connectivity index (χ0n) is 12.5. The largest absolute Gasteiger partial charge is 0.353 e. The molecule has 2 aliphatic rings. The van der Waals surface area contributed by atoms with E-state index in [-0.39, 0.29) is 0 Å². The van der Waals surface area contributed by atoms with E-state index in [4.69, 9.17) is 5.26 Å². The predicted octanol–water partition coefficient (Wildman–Crippen LogP) is 3.56. The molecule has 0 amide bonds. The summed E-state index contributed by atoms with van der Waals surface area (Å²) in [6.07, 6.45) is 13.0. The number of aryl methyl sites for hydroxylation is 1. The van der Waals surface area contributed by atoms with Gasteiger partial charge in [0.05, 0.1) is 6.07 Å². The summed E-state index contributed by atoms with van der Waals surface area (Å²) in [7, 11) is 0. The summed E-state index contributed by atoms with van der Waals surface area (Å²) in [6.45, 7) is 4.26. The molecule has 1 fully saturated rings. The first-order valence-electron chi connectivity index (χ1n) is 8.05. The number of fused-ring (bicyclic) bond motifs is 1. The van der Waals surface area contributed by atoms with Crippen LogP contribution in [0.3, 0.4) is 0 Å². The molecule has 1 aromatic rings. The van der Waals surface area contributed by atoms with Crippen LogP contribution >= 0.6 is 0 Å². The van der Waals surface area contributed by atoms with E-state index in [9.17, 15) is 0 Å². The molecule has 20 heavy (non-hydrogen) atoms. The summed E-state index contributed by atoms with van der Waals surface area (Å²) in [5.41, 5.74) is 3.33. The van der Waals surface area contributed by atoms with Crippen molar-refractivity contribution in [1.29, 1.82) is 5.26 Å². The smallest absolute Gasteiger partial charge is 0.0628 e. The van der Waals surface area contributed by atoms with Crippen LogP contribution in [0.5, 0.6) is 0 Å². The Kier molecular flexibility index (Phi) is 3.85. The summed E-state index contributed by atoms with van der Waals surface area (Å²) >= 11 is 0. The molecule has 108 valence electrons. The van der Waals surface area contributed by atoms with Crippen molar-refractivity contribution in [3.05, 3.63) is 23.5 Å². The normalized spacial score (nSPS) is 23.7. The highest BCUT2D eigenvalue weighted by Gasteiger charge is 2.42. The van der Waals surface area contributed by atoms with Crippen molar-refractivity contribution in [3.63, 3.8) is 0 Å². The molecule has 3 rings (SSSR count). The molecule has 1 unspecified atom stereocenters. The maximum Gasteiger partial charge on any atom is 0.0628 e. The van der Waals surface area contributed by atoms with E-state index in [0.29, 0.717) is 17.9 Å². The number of hydrogen-bond donors (Lipinski definition) is 1. The number of hydrogen-bond acceptors (Lipinski definition) is 2. The molecular formula is C17H25N3. The Labute approximate surface area is 122 Å². The van der Waals surface area contributed by atoms with E-state index < -0.39 is 0 Å². The fraction of sp³-hybridized carbons (Fsp3) is 0.706. The Morgan fingerprint density at radius 1 is 1.40 bits per heavy atom. The molecule has 0 radical (unpaired) electrons. The zero-order chi connectivity index (χ0) is 14.0. The van der Waals surface area contributed by atoms with Crippen LogP contribution in [0.25, 0.3) is 0 Å². The summed E-state index contributed by atoms with van der Waals surface area (Å²) in [6, 6.07) is 2.90. The van der Waals surface area contributed by atoms with Gasteiger partial charge in [-0.2, -0.15) is 5.26 Å². The van der Waals surface area contributed by atoms with Crippen LogP contribution < -0.4 is 5.32 Å². The molecule has 3 nitrogen and oxygen atoms in total. The first-order valence-corrected chi connectivity index (χ1v) is 8.05. The maximum absolute atomic E-state index is 8.96. The molecule has 1 saturated carbocycles. The molecule has 0 aromatic carbocycles. The van der Waals surface area contributed by atoms with E-state index >= 15 is 0 Å². The molecule has 1 atom stereocenters. The predicted molar refractivity (Wildman–Crippen MR) is 80.3 cm³/mol. The van der Waals surface area contributed by atoms with Gasteiger partial charge >= 0.3 is 0 Å². The second-order valence-corrected chi connectivity index (χ2v) is 6.60. The monoisotopic (exact) mass is 271 g/mol. The van der Waals surface area contributed by atoms with Gasteiger partial charge in [-0.15, -0.1) is 0 Å². The van der Waals surface area contributed by atoms with Crippen LogP contribution in [0.1, 0.15) is 62.6 Å². The van der Waals surface area contributed by atoms with Gasteiger partial charge in [-0.25, -0.2) is 0 Å². The second-order valence-electron chi connectivity index (χ2n) is 6.60. The van der Waals surface area contributed by atoms with Crippen molar-refractivity contribution in [2.24, 2.45) is 5.41 Å². The first kappa shape index (κ1) is 13.7. The molecule has 0 spiro atoms. The van der Waals surface area contributed by atoms with Crippen LogP contribution in [0, 0.1) is 16.7 Å². The van der Waals surface area contributed by atoms with Crippen molar-refractivity contribution in [2.75, 3.05) is 6.54 Å². The van der Waals surface area contributed by atoms with Crippen molar-refractivity contribution in [3.8, 4) is 6.07 Å². The maximum atomic E-state index is 8.96. The van der Waals surface area contributed by atoms with Crippen molar-refractivity contribution in [1.82, 2.24) is 9.88 Å². The number of rotatable bonds is 5. The minimum Gasteiger partial charge on any atom is -0.353 e. The van der Waals surface area contributed by atoms with Gasteiger partial charge < -0.3 is 9.88 Å². The lowest BCUT2D eigenvalue weighted by Gasteiger charge is -2.16. The van der Waals surface area contributed by atoms with Gasteiger partial charge in [-0.05, 0) is 49.8 Å². The molecular weight excluding hydrogens is 246 g/mol. The SMILES string of the molecule is CCNC1CCCCc2cn(CC3(CC#N)CC3)cc21. The van der Waals surface area contributed by atoms with Gasteiger partial charge in [-0.3, -0.25) is 0 Å². The lowest BCUT2D eigenvalue weighted by molar-refractivity contribution is 0.429. The van der Waals surface area contributed by atoms with Crippen LogP contribution in [0.4, 0.5) is 0 Å². The minimum absolute atomic E-state index is 0.292. The Bertz CT molecular complexity index is 505. The Morgan fingerprint density at radius 3 is 2.95 bits per heavy atom. The lowest BCUT2D eigenvalue weighted by Crippen LogP contribution is -2.20. The average Bonchev–Trinajstić information content (AvgIpc) is 3.10. The molecule has 0 bridgehead atoms. The van der Waals surface area contributed by atoms with Crippen molar-refractivity contribution in [2.45, 2.75) is 64.5 Å². The fourth-order valence-corrected chi connectivity index (χ4v) is 3.59. The molecule has 0 aliphatic heterocycles. The van der Waals surface area contributed by atoms with E-state index in [1.165, 1.54) is 49.7 Å². The van der Waals surface area contributed by atoms with Crippen molar-refractivity contribution < 1.29 is 0 Å². The van der Waals surface area contributed by atoms with Gasteiger partial charge in [-0.1, -0.05) is 13.3 Å². The number of nitrogens with zero attached hydrogens (tertiary/aromatic N) is 2. The number of aromatic nitrogens is 1. The van der Waals surface area contributed by atoms with Crippen LogP contribution in [-0.2, 0) is 13.0 Å². The van der Waals surface area contributed by atoms with Gasteiger partial charge in [0.25, 0.3) is 0 Å². The van der Waals surface area contributed by atoms with E-state index in [1.54, 1.807) is 0 Å². The van der Waals surface area contributed by atoms with Crippen LogP contribution in [0.15, 0.2) is 12.4 Å². The van der Waals surface area contributed by atoms with E-state index in [2.05, 4.69) is 35.3 Å². The highest BCUT2D eigenvalue weighted by atomic mass is 15.0. The summed E-state index contributed by atoms with van der Waals surface area (Å²) in [5, 5.41) is 12.6. The fourth-order valence-electron chi connectivity index (χ4n) is 3.59. The van der Waals surface area contributed by atoms with Crippen LogP contribution in [-0.4, -0.2) is 11.1 Å². The molecule has 0 saturated heterocycles. The zero-order valence-corrected chi connectivity index (χ0v) is 12.5.